The minimum Gasteiger partial charge on any atom is -0.309 e. The van der Waals surface area contributed by atoms with Gasteiger partial charge in [-0.05, 0) is 100 Å². The number of alkyl halides is 6. The van der Waals surface area contributed by atoms with E-state index in [1.807, 2.05) is 6.07 Å². The van der Waals surface area contributed by atoms with E-state index in [-0.39, 0.29) is 45.0 Å². The second-order valence-corrected chi connectivity index (χ2v) is 15.5. The lowest BCUT2D eigenvalue weighted by Gasteiger charge is -2.20. The Morgan fingerprint density at radius 3 is 1.41 bits per heavy atom. The summed E-state index contributed by atoms with van der Waals surface area (Å²) in [6.45, 7) is 15.2. The molecule has 10 rings (SSSR count). The number of hydrogen-bond acceptors (Lipinski definition) is 2. The maximum atomic E-state index is 15.2. The van der Waals surface area contributed by atoms with Gasteiger partial charge in [-0.1, -0.05) is 91.0 Å². The van der Waals surface area contributed by atoms with Gasteiger partial charge in [0, 0.05) is 32.7 Å². The first-order valence-corrected chi connectivity index (χ1v) is 20.2. The molecule has 12 heteroatoms. The summed E-state index contributed by atoms with van der Waals surface area (Å²) in [5.74, 6) is 0. The van der Waals surface area contributed by atoms with Crippen molar-refractivity contribution in [3.8, 4) is 56.9 Å². The fourth-order valence-corrected chi connectivity index (χ4v) is 8.95. The van der Waals surface area contributed by atoms with Gasteiger partial charge in [-0.3, -0.25) is 0 Å². The third-order valence-corrected chi connectivity index (χ3v) is 11.9. The van der Waals surface area contributed by atoms with E-state index in [2.05, 4.69) is 15.8 Å². The first-order chi connectivity index (χ1) is 31.8. The van der Waals surface area contributed by atoms with Crippen LogP contribution in [0.15, 0.2) is 158 Å². The van der Waals surface area contributed by atoms with Crippen molar-refractivity contribution in [1.29, 1.82) is 10.5 Å². The zero-order valence-corrected chi connectivity index (χ0v) is 34.0. The molecule has 314 valence electrons. The lowest BCUT2D eigenvalue weighted by Crippen LogP contribution is -2.12. The zero-order valence-electron chi connectivity index (χ0n) is 34.0. The highest BCUT2D eigenvalue weighted by Gasteiger charge is 2.37. The molecule has 0 spiro atoms. The fraction of sp³-hybridized carbons (Fsp3) is 0.0370. The molecule has 2 heterocycles. The molecule has 10 aromatic rings. The van der Waals surface area contributed by atoms with Crippen molar-refractivity contribution in [3.05, 3.63) is 203 Å². The molecule has 0 atom stereocenters. The van der Waals surface area contributed by atoms with Crippen LogP contribution < -0.4 is 0 Å². The number of rotatable bonds is 5. The molecule has 8 aromatic carbocycles. The quantitative estimate of drug-likeness (QED) is 0.128. The summed E-state index contributed by atoms with van der Waals surface area (Å²) in [4.78, 5) is 7.03. The van der Waals surface area contributed by atoms with Gasteiger partial charge in [-0.25, -0.2) is 9.69 Å². The Balaban J connectivity index is 1.22. The van der Waals surface area contributed by atoms with Crippen LogP contribution in [-0.2, 0) is 12.4 Å². The predicted octanol–water partition coefficient (Wildman–Crippen LogP) is 15.8. The van der Waals surface area contributed by atoms with E-state index in [4.69, 9.17) is 13.1 Å². The second kappa shape index (κ2) is 15.3. The molecule has 0 bridgehead atoms. The van der Waals surface area contributed by atoms with Crippen LogP contribution in [0.1, 0.15) is 22.3 Å². The standard InChI is InChI=1S/C54H26F6N6/c1-63-37-16-20-38(36(24-37)30-62)34-12-18-42-40-7-3-5-9-47(40)65(49(42)27-34)51-25-32(14-21-44(51)53(55,56)57)33-15-22-45(54(58,59)60)52(26-33)66-48-10-6-4-8-41(48)43-19-13-35(28-50(43)66)39-17-11-31(29-61)23-46(39)64-2/h3-28H. The highest BCUT2D eigenvalue weighted by molar-refractivity contribution is 6.12. The monoisotopic (exact) mass is 872 g/mol. The Labute approximate surface area is 371 Å². The van der Waals surface area contributed by atoms with Gasteiger partial charge < -0.3 is 9.13 Å². The highest BCUT2D eigenvalue weighted by Crippen LogP contribution is 2.45. The molecule has 6 nitrogen and oxygen atoms in total. The number of nitriles is 2. The number of aromatic nitrogens is 2. The van der Waals surface area contributed by atoms with E-state index in [1.54, 1.807) is 109 Å². The SMILES string of the molecule is [C-]#[N+]c1ccc(-c2ccc3c4ccccc4n(-c4cc(-c5ccc(C(F)(F)F)c(-n6c7ccccc7c7ccc(-c8ccc(C#N)cc8[N+]#[C-])cc76)c5)ccc4C(F)(F)F)c3c2)c(C#N)c1. The minimum absolute atomic E-state index is 0.189. The molecule has 0 aliphatic carbocycles. The number of halogens is 6. The molecule has 0 saturated heterocycles. The third-order valence-electron chi connectivity index (χ3n) is 11.9. The third kappa shape index (κ3) is 6.65. The number of para-hydroxylation sites is 2. The van der Waals surface area contributed by atoms with Crippen LogP contribution in [-0.4, -0.2) is 9.13 Å². The van der Waals surface area contributed by atoms with Gasteiger partial charge in [0.1, 0.15) is 0 Å². The lowest BCUT2D eigenvalue weighted by molar-refractivity contribution is -0.138. The summed E-state index contributed by atoms with van der Waals surface area (Å²) in [5.41, 5.74) is 2.48. The van der Waals surface area contributed by atoms with E-state index < -0.39 is 23.5 Å². The number of hydrogen-bond donors (Lipinski definition) is 0. The van der Waals surface area contributed by atoms with E-state index >= 15 is 26.3 Å². The van der Waals surface area contributed by atoms with Crippen molar-refractivity contribution in [3.63, 3.8) is 0 Å². The number of fused-ring (bicyclic) bond motifs is 6. The predicted molar refractivity (Wildman–Crippen MR) is 243 cm³/mol. The van der Waals surface area contributed by atoms with Gasteiger partial charge in [0.2, 0.25) is 0 Å². The van der Waals surface area contributed by atoms with Crippen molar-refractivity contribution in [2.24, 2.45) is 0 Å². The van der Waals surface area contributed by atoms with Crippen molar-refractivity contribution in [2.45, 2.75) is 12.4 Å². The topological polar surface area (TPSA) is 66.2 Å². The van der Waals surface area contributed by atoms with E-state index in [1.165, 1.54) is 45.5 Å². The molecule has 0 amide bonds. The van der Waals surface area contributed by atoms with Crippen molar-refractivity contribution < 1.29 is 26.3 Å². The van der Waals surface area contributed by atoms with E-state index in [0.29, 0.717) is 65.9 Å². The largest absolute Gasteiger partial charge is 0.418 e. The van der Waals surface area contributed by atoms with Crippen molar-refractivity contribution in [2.75, 3.05) is 0 Å². The average Bonchev–Trinajstić information content (AvgIpc) is 3.84. The molecular formula is C54H26F6N6. The molecule has 0 aliphatic rings. The molecule has 0 N–H and O–H groups in total. The number of benzene rings is 8. The summed E-state index contributed by atoms with van der Waals surface area (Å²) in [6, 6.07) is 44.8. The first-order valence-electron chi connectivity index (χ1n) is 20.2. The molecule has 66 heavy (non-hydrogen) atoms. The van der Waals surface area contributed by atoms with Gasteiger partial charge in [0.15, 0.2) is 11.4 Å². The van der Waals surface area contributed by atoms with E-state index in [9.17, 15) is 10.5 Å². The zero-order chi connectivity index (χ0) is 46.1. The van der Waals surface area contributed by atoms with Crippen LogP contribution >= 0.6 is 0 Å². The summed E-state index contributed by atoms with van der Waals surface area (Å²) < 4.78 is 94.3. The van der Waals surface area contributed by atoms with E-state index in [0.717, 1.165) is 12.1 Å². The maximum absolute atomic E-state index is 15.2. The smallest absolute Gasteiger partial charge is 0.309 e. The van der Waals surface area contributed by atoms with Gasteiger partial charge in [0.25, 0.3) is 0 Å². The Hall–Kier alpha value is -9.10. The van der Waals surface area contributed by atoms with Gasteiger partial charge in [-0.2, -0.15) is 36.9 Å². The fourth-order valence-electron chi connectivity index (χ4n) is 8.95. The molecule has 0 unspecified atom stereocenters. The maximum Gasteiger partial charge on any atom is 0.418 e. The van der Waals surface area contributed by atoms with Crippen LogP contribution in [0.2, 0.25) is 0 Å². The van der Waals surface area contributed by atoms with Crippen LogP contribution in [0.5, 0.6) is 0 Å². The Morgan fingerprint density at radius 2 is 0.924 bits per heavy atom. The van der Waals surface area contributed by atoms with Crippen LogP contribution in [0.25, 0.3) is 98.1 Å². The van der Waals surface area contributed by atoms with Crippen LogP contribution in [0.4, 0.5) is 37.7 Å². The molecule has 0 saturated carbocycles. The van der Waals surface area contributed by atoms with Crippen LogP contribution in [0, 0.1) is 35.8 Å². The Kier molecular flexibility index (Phi) is 9.50. The highest BCUT2D eigenvalue weighted by atomic mass is 19.4. The van der Waals surface area contributed by atoms with Crippen molar-refractivity contribution in [1.82, 2.24) is 9.13 Å². The molecule has 0 aliphatic heterocycles. The lowest BCUT2D eigenvalue weighted by atomic mass is 9.98. The summed E-state index contributed by atoms with van der Waals surface area (Å²) in [7, 11) is 0. The van der Waals surface area contributed by atoms with Gasteiger partial charge in [-0.15, -0.1) is 0 Å². The van der Waals surface area contributed by atoms with Crippen LogP contribution in [0.3, 0.4) is 0 Å². The Morgan fingerprint density at radius 1 is 0.439 bits per heavy atom. The Bertz CT molecular complexity index is 3610. The van der Waals surface area contributed by atoms with Crippen molar-refractivity contribution >= 4 is 55.0 Å². The average molecular weight is 873 g/mol. The molecule has 0 fully saturated rings. The molecule has 0 radical (unpaired) electrons. The second-order valence-electron chi connectivity index (χ2n) is 15.5. The van der Waals surface area contributed by atoms with Gasteiger partial charge >= 0.3 is 12.4 Å². The normalized spacial score (nSPS) is 11.7. The first kappa shape index (κ1) is 40.9. The summed E-state index contributed by atoms with van der Waals surface area (Å²) >= 11 is 0. The summed E-state index contributed by atoms with van der Waals surface area (Å²) in [5, 5.41) is 22.0. The summed E-state index contributed by atoms with van der Waals surface area (Å²) in [6.07, 6.45) is -9.72. The molecular weight excluding hydrogens is 847 g/mol. The van der Waals surface area contributed by atoms with Gasteiger partial charge in [0.05, 0.1) is 69.9 Å². The molecule has 2 aromatic heterocycles. The minimum atomic E-state index is -4.86. The number of nitrogens with zero attached hydrogens (tertiary/aromatic N) is 6.